The van der Waals surface area contributed by atoms with Crippen LogP contribution >= 0.6 is 11.3 Å². The van der Waals surface area contributed by atoms with Crippen molar-refractivity contribution in [2.45, 2.75) is 39.3 Å². The summed E-state index contributed by atoms with van der Waals surface area (Å²) < 4.78 is 4.26. The number of pyridine rings is 1. The highest BCUT2D eigenvalue weighted by Crippen LogP contribution is 2.20. The maximum Gasteiger partial charge on any atom is 0.272 e. The van der Waals surface area contributed by atoms with Crippen LogP contribution in [0.4, 0.5) is 0 Å². The smallest absolute Gasteiger partial charge is 0.272 e. The van der Waals surface area contributed by atoms with Crippen LogP contribution in [0, 0.1) is 0 Å². The summed E-state index contributed by atoms with van der Waals surface area (Å²) >= 11 is 1.42. The van der Waals surface area contributed by atoms with Crippen LogP contribution in [-0.2, 0) is 24.3 Å². The summed E-state index contributed by atoms with van der Waals surface area (Å²) in [5.41, 5.74) is 1.62. The molecule has 0 fully saturated rings. The van der Waals surface area contributed by atoms with E-state index in [9.17, 15) is 9.59 Å². The fourth-order valence-corrected chi connectivity index (χ4v) is 4.04. The van der Waals surface area contributed by atoms with Crippen molar-refractivity contribution >= 4 is 33.2 Å². The third-order valence-corrected chi connectivity index (χ3v) is 5.48. The van der Waals surface area contributed by atoms with Crippen molar-refractivity contribution in [1.29, 1.82) is 0 Å². The van der Waals surface area contributed by atoms with Gasteiger partial charge in [0.1, 0.15) is 10.5 Å². The molecule has 144 valence electrons. The number of carbonyl (C=O) groups excluding carboxylic acids is 1. The quantitative estimate of drug-likeness (QED) is 0.517. The number of rotatable bonds is 7. The third-order valence-electron chi connectivity index (χ3n) is 4.59. The minimum atomic E-state index is -0.0344. The van der Waals surface area contributed by atoms with Gasteiger partial charge in [0.15, 0.2) is 0 Å². The van der Waals surface area contributed by atoms with E-state index in [0.717, 1.165) is 17.0 Å². The molecule has 0 radical (unpaired) electrons. The Morgan fingerprint density at radius 1 is 1.25 bits per heavy atom. The van der Waals surface area contributed by atoms with Crippen molar-refractivity contribution in [3.8, 4) is 0 Å². The summed E-state index contributed by atoms with van der Waals surface area (Å²) in [5.74, 6) is 1.29. The molecule has 4 aromatic heterocycles. The van der Waals surface area contributed by atoms with Crippen LogP contribution in [0.2, 0.25) is 0 Å². The lowest BCUT2D eigenvalue weighted by atomic mass is 10.2. The number of hydrogen-bond donors (Lipinski definition) is 1. The highest BCUT2D eigenvalue weighted by atomic mass is 32.1. The summed E-state index contributed by atoms with van der Waals surface area (Å²) in [6.45, 7) is 2.87. The average molecular weight is 396 g/mol. The molecule has 4 aromatic rings. The van der Waals surface area contributed by atoms with Gasteiger partial charge in [0.2, 0.25) is 11.7 Å². The van der Waals surface area contributed by atoms with Gasteiger partial charge in [0, 0.05) is 25.6 Å². The molecule has 1 N–H and O–H groups in total. The number of nitrogens with zero attached hydrogens (tertiary/aromatic N) is 5. The zero-order chi connectivity index (χ0) is 19.5. The molecule has 0 aromatic carbocycles. The van der Waals surface area contributed by atoms with Crippen LogP contribution in [0.15, 0.2) is 40.6 Å². The van der Waals surface area contributed by atoms with Gasteiger partial charge in [-0.2, -0.15) is 0 Å². The zero-order valence-electron chi connectivity index (χ0n) is 15.5. The van der Waals surface area contributed by atoms with Crippen LogP contribution in [0.5, 0.6) is 0 Å². The number of hydrogen-bond acceptors (Lipinski definition) is 6. The Morgan fingerprint density at radius 2 is 2.14 bits per heavy atom. The molecule has 1 amide bonds. The summed E-state index contributed by atoms with van der Waals surface area (Å²) in [4.78, 5) is 28.9. The molecule has 0 aliphatic carbocycles. The second kappa shape index (κ2) is 7.89. The predicted octanol–water partition coefficient (Wildman–Crippen LogP) is 2.16. The normalized spacial score (nSPS) is 11.3. The Balaban J connectivity index is 1.46. The van der Waals surface area contributed by atoms with Crippen LogP contribution < -0.4 is 10.9 Å². The molecule has 0 saturated carbocycles. The van der Waals surface area contributed by atoms with E-state index in [2.05, 4.69) is 20.5 Å². The molecule has 4 rings (SSSR count). The Kier molecular flexibility index (Phi) is 5.16. The first kappa shape index (κ1) is 18.3. The number of fused-ring (bicyclic) bond motifs is 3. The molecule has 0 aliphatic rings. The van der Waals surface area contributed by atoms with Gasteiger partial charge >= 0.3 is 0 Å². The molecular formula is C19H20N6O2S. The Bertz CT molecular complexity index is 1180. The molecule has 0 atom stereocenters. The van der Waals surface area contributed by atoms with Crippen molar-refractivity contribution in [2.24, 2.45) is 0 Å². The molecular weight excluding hydrogens is 376 g/mol. The van der Waals surface area contributed by atoms with E-state index in [1.807, 2.05) is 41.0 Å². The molecule has 0 aliphatic heterocycles. The average Bonchev–Trinajstić information content (AvgIpc) is 3.35. The highest BCUT2D eigenvalue weighted by molar-refractivity contribution is 7.17. The van der Waals surface area contributed by atoms with Gasteiger partial charge in [-0.3, -0.25) is 23.5 Å². The number of aromatic nitrogens is 5. The lowest BCUT2D eigenvalue weighted by Gasteiger charge is -2.07. The lowest BCUT2D eigenvalue weighted by molar-refractivity contribution is -0.121. The zero-order valence-corrected chi connectivity index (χ0v) is 16.3. The monoisotopic (exact) mass is 396 g/mol. The standard InChI is InChI=1S/C19H20N6O2S/c1-2-24-18(27)17-14(9-11-28-17)25-15(22-23-19(24)25)7-5-8-16(26)21-12-13-6-3-4-10-20-13/h3-4,6,9-11H,2,5,7-8,12H2,1H3,(H,21,26). The van der Waals surface area contributed by atoms with Gasteiger partial charge in [0.05, 0.1) is 17.8 Å². The third kappa shape index (κ3) is 3.40. The molecule has 9 heteroatoms. The molecule has 0 unspecified atom stereocenters. The molecule has 0 bridgehead atoms. The maximum absolute atomic E-state index is 12.6. The molecule has 8 nitrogen and oxygen atoms in total. The van der Waals surface area contributed by atoms with Gasteiger partial charge in [-0.15, -0.1) is 21.5 Å². The minimum absolute atomic E-state index is 0.0226. The summed E-state index contributed by atoms with van der Waals surface area (Å²) in [5, 5.41) is 13.3. The first-order valence-electron chi connectivity index (χ1n) is 9.19. The van der Waals surface area contributed by atoms with Crippen LogP contribution in [0.1, 0.15) is 31.3 Å². The van der Waals surface area contributed by atoms with Crippen molar-refractivity contribution in [1.82, 2.24) is 29.5 Å². The van der Waals surface area contributed by atoms with E-state index >= 15 is 0 Å². The first-order valence-corrected chi connectivity index (χ1v) is 10.1. The SMILES string of the molecule is CCn1c(=O)c2sccc2n2c(CCCC(=O)NCc3ccccn3)nnc12. The number of carbonyl (C=O) groups is 1. The minimum Gasteiger partial charge on any atom is -0.350 e. The topological polar surface area (TPSA) is 94.2 Å². The predicted molar refractivity (Wildman–Crippen MR) is 107 cm³/mol. The number of nitrogens with one attached hydrogen (secondary N) is 1. The maximum atomic E-state index is 12.6. The second-order valence-electron chi connectivity index (χ2n) is 6.39. The Labute approximate surface area is 164 Å². The largest absolute Gasteiger partial charge is 0.350 e. The molecule has 28 heavy (non-hydrogen) atoms. The van der Waals surface area contributed by atoms with Crippen molar-refractivity contribution in [3.05, 3.63) is 57.7 Å². The Morgan fingerprint density at radius 3 is 2.93 bits per heavy atom. The van der Waals surface area contributed by atoms with Crippen molar-refractivity contribution in [2.75, 3.05) is 0 Å². The number of thiophene rings is 1. The fraction of sp³-hybridized carbons (Fsp3) is 0.316. The Hall–Kier alpha value is -3.07. The summed E-state index contributed by atoms with van der Waals surface area (Å²) in [7, 11) is 0. The summed E-state index contributed by atoms with van der Waals surface area (Å²) in [6, 6.07) is 7.53. The highest BCUT2D eigenvalue weighted by Gasteiger charge is 2.16. The van der Waals surface area contributed by atoms with Gasteiger partial charge in [0.25, 0.3) is 5.56 Å². The van der Waals surface area contributed by atoms with E-state index < -0.39 is 0 Å². The van der Waals surface area contributed by atoms with E-state index in [4.69, 9.17) is 0 Å². The van der Waals surface area contributed by atoms with Crippen molar-refractivity contribution < 1.29 is 4.79 Å². The number of amides is 1. The van der Waals surface area contributed by atoms with Crippen molar-refractivity contribution in [3.63, 3.8) is 0 Å². The van der Waals surface area contributed by atoms with Gasteiger partial charge in [-0.25, -0.2) is 0 Å². The van der Waals surface area contributed by atoms with Crippen LogP contribution in [0.3, 0.4) is 0 Å². The summed E-state index contributed by atoms with van der Waals surface area (Å²) in [6.07, 6.45) is 3.34. The first-order chi connectivity index (χ1) is 13.7. The van der Waals surface area contributed by atoms with Gasteiger partial charge in [-0.05, 0) is 36.9 Å². The van der Waals surface area contributed by atoms with Gasteiger partial charge < -0.3 is 5.32 Å². The fourth-order valence-electron chi connectivity index (χ4n) is 3.21. The molecule has 0 saturated heterocycles. The number of aryl methyl sites for hydroxylation is 2. The van der Waals surface area contributed by atoms with E-state index in [1.165, 1.54) is 11.3 Å². The van der Waals surface area contributed by atoms with Crippen LogP contribution in [0.25, 0.3) is 16.0 Å². The second-order valence-corrected chi connectivity index (χ2v) is 7.30. The lowest BCUT2D eigenvalue weighted by Crippen LogP contribution is -2.23. The van der Waals surface area contributed by atoms with E-state index in [1.54, 1.807) is 10.8 Å². The molecule has 4 heterocycles. The van der Waals surface area contributed by atoms with E-state index in [-0.39, 0.29) is 11.5 Å². The van der Waals surface area contributed by atoms with Gasteiger partial charge in [-0.1, -0.05) is 6.07 Å². The van der Waals surface area contributed by atoms with E-state index in [0.29, 0.717) is 42.8 Å². The molecule has 0 spiro atoms. The van der Waals surface area contributed by atoms with Crippen LogP contribution in [-0.4, -0.2) is 30.1 Å².